The van der Waals surface area contributed by atoms with Crippen LogP contribution in [0.25, 0.3) is 6.08 Å². The highest BCUT2D eigenvalue weighted by molar-refractivity contribution is 7.15. The van der Waals surface area contributed by atoms with Gasteiger partial charge in [0, 0.05) is 18.6 Å². The molecular weight excluding hydrogens is 380 g/mol. The van der Waals surface area contributed by atoms with E-state index in [9.17, 15) is 14.9 Å². The lowest BCUT2D eigenvalue weighted by Gasteiger charge is -2.00. The highest BCUT2D eigenvalue weighted by Crippen LogP contribution is 2.21. The number of carbonyl (C=O) groups is 1. The first-order valence-corrected chi connectivity index (χ1v) is 9.04. The Morgan fingerprint density at radius 2 is 1.96 bits per heavy atom. The maximum Gasteiger partial charge on any atom is 0.276 e. The molecule has 0 saturated heterocycles. The van der Waals surface area contributed by atoms with Crippen LogP contribution in [0.3, 0.4) is 0 Å². The first-order valence-electron chi connectivity index (χ1n) is 8.23. The number of nitrogens with zero attached hydrogens (tertiary/aromatic N) is 3. The van der Waals surface area contributed by atoms with Crippen molar-refractivity contribution in [2.45, 2.75) is 6.42 Å². The lowest BCUT2D eigenvalue weighted by molar-refractivity contribution is -0.385. The van der Waals surface area contributed by atoms with Gasteiger partial charge in [0.15, 0.2) is 0 Å². The van der Waals surface area contributed by atoms with Gasteiger partial charge < -0.3 is 4.74 Å². The zero-order chi connectivity index (χ0) is 19.9. The third-order valence-corrected chi connectivity index (χ3v) is 4.60. The number of anilines is 1. The SMILES string of the molecule is COc1ccc(Cc2nnc(NC(=O)C=Cc3ccccc3[N+](=O)[O-])s2)cc1. The van der Waals surface area contributed by atoms with Gasteiger partial charge in [-0.1, -0.05) is 35.6 Å². The summed E-state index contributed by atoms with van der Waals surface area (Å²) in [5.41, 5.74) is 1.33. The van der Waals surface area contributed by atoms with E-state index in [0.29, 0.717) is 17.1 Å². The molecule has 1 amide bonds. The molecule has 0 radical (unpaired) electrons. The predicted molar refractivity (Wildman–Crippen MR) is 106 cm³/mol. The molecule has 3 aromatic rings. The van der Waals surface area contributed by atoms with E-state index in [1.807, 2.05) is 24.3 Å². The van der Waals surface area contributed by atoms with Crippen molar-refractivity contribution >= 4 is 34.1 Å². The molecule has 0 aliphatic carbocycles. The predicted octanol–water partition coefficient (Wildman–Crippen LogP) is 3.70. The second-order valence-electron chi connectivity index (χ2n) is 5.66. The van der Waals surface area contributed by atoms with E-state index < -0.39 is 10.8 Å². The summed E-state index contributed by atoms with van der Waals surface area (Å²) in [5.74, 6) is 0.338. The van der Waals surface area contributed by atoms with Gasteiger partial charge in [0.25, 0.3) is 5.69 Å². The topological polar surface area (TPSA) is 107 Å². The van der Waals surface area contributed by atoms with E-state index in [0.717, 1.165) is 16.3 Å². The van der Waals surface area contributed by atoms with Gasteiger partial charge in [-0.25, -0.2) is 0 Å². The van der Waals surface area contributed by atoms with Crippen molar-refractivity contribution in [2.75, 3.05) is 12.4 Å². The largest absolute Gasteiger partial charge is 0.497 e. The number of aromatic nitrogens is 2. The van der Waals surface area contributed by atoms with E-state index in [4.69, 9.17) is 4.74 Å². The first kappa shape index (κ1) is 19.2. The van der Waals surface area contributed by atoms with Crippen LogP contribution < -0.4 is 10.1 Å². The smallest absolute Gasteiger partial charge is 0.276 e. The number of nitro groups is 1. The van der Waals surface area contributed by atoms with Crippen molar-refractivity contribution < 1.29 is 14.5 Å². The molecule has 8 nitrogen and oxygen atoms in total. The van der Waals surface area contributed by atoms with Gasteiger partial charge in [-0.3, -0.25) is 20.2 Å². The molecule has 2 aromatic carbocycles. The summed E-state index contributed by atoms with van der Waals surface area (Å²) in [4.78, 5) is 22.6. The maximum atomic E-state index is 12.1. The Balaban J connectivity index is 1.61. The Kier molecular flexibility index (Phi) is 6.07. The van der Waals surface area contributed by atoms with Gasteiger partial charge in [-0.05, 0) is 29.8 Å². The Morgan fingerprint density at radius 3 is 2.68 bits per heavy atom. The van der Waals surface area contributed by atoms with Gasteiger partial charge in [0.1, 0.15) is 10.8 Å². The monoisotopic (exact) mass is 396 g/mol. The second-order valence-corrected chi connectivity index (χ2v) is 6.73. The highest BCUT2D eigenvalue weighted by Gasteiger charge is 2.11. The fourth-order valence-electron chi connectivity index (χ4n) is 2.40. The standard InChI is InChI=1S/C19H16N4O4S/c1-27-15-9-6-13(7-10-15)12-18-21-22-19(28-18)20-17(24)11-8-14-4-2-3-5-16(14)23(25)26/h2-11H,12H2,1H3,(H,20,22,24). The van der Waals surface area contributed by atoms with Crippen molar-refractivity contribution in [1.29, 1.82) is 0 Å². The molecule has 28 heavy (non-hydrogen) atoms. The molecule has 9 heteroatoms. The van der Waals surface area contributed by atoms with Crippen molar-refractivity contribution in [2.24, 2.45) is 0 Å². The lowest BCUT2D eigenvalue weighted by Crippen LogP contribution is -2.07. The normalized spacial score (nSPS) is 10.8. The van der Waals surface area contributed by atoms with Gasteiger partial charge in [-0.15, -0.1) is 10.2 Å². The van der Waals surface area contributed by atoms with E-state index in [1.165, 1.54) is 29.6 Å². The third kappa shape index (κ3) is 4.98. The van der Waals surface area contributed by atoms with Crippen LogP contribution >= 0.6 is 11.3 Å². The van der Waals surface area contributed by atoms with Crippen molar-refractivity contribution in [3.05, 3.63) is 80.9 Å². The third-order valence-electron chi connectivity index (χ3n) is 3.76. The molecule has 3 rings (SSSR count). The summed E-state index contributed by atoms with van der Waals surface area (Å²) in [5, 5.41) is 22.8. The quantitative estimate of drug-likeness (QED) is 0.371. The number of hydrogen-bond acceptors (Lipinski definition) is 7. The van der Waals surface area contributed by atoms with Crippen molar-refractivity contribution in [1.82, 2.24) is 10.2 Å². The summed E-state index contributed by atoms with van der Waals surface area (Å²) in [6, 6.07) is 13.8. The van der Waals surface area contributed by atoms with Crippen LogP contribution in [-0.2, 0) is 11.2 Å². The minimum atomic E-state index is -0.492. The minimum Gasteiger partial charge on any atom is -0.497 e. The van der Waals surface area contributed by atoms with Crippen LogP contribution in [0.15, 0.2) is 54.6 Å². The summed E-state index contributed by atoms with van der Waals surface area (Å²) in [7, 11) is 1.61. The fourth-order valence-corrected chi connectivity index (χ4v) is 3.18. The molecule has 0 saturated carbocycles. The number of rotatable bonds is 7. The number of amides is 1. The Bertz CT molecular complexity index is 1010. The molecule has 0 atom stereocenters. The average Bonchev–Trinajstić information content (AvgIpc) is 3.13. The maximum absolute atomic E-state index is 12.1. The van der Waals surface area contributed by atoms with Crippen LogP contribution in [0.4, 0.5) is 10.8 Å². The Hall–Kier alpha value is -3.59. The molecule has 0 unspecified atom stereocenters. The summed E-state index contributed by atoms with van der Waals surface area (Å²) < 4.78 is 5.13. The summed E-state index contributed by atoms with van der Waals surface area (Å²) >= 11 is 1.27. The summed E-state index contributed by atoms with van der Waals surface area (Å²) in [6.07, 6.45) is 3.21. The van der Waals surface area contributed by atoms with E-state index >= 15 is 0 Å². The molecule has 0 bridgehead atoms. The second kappa shape index (κ2) is 8.87. The highest BCUT2D eigenvalue weighted by atomic mass is 32.1. The van der Waals surface area contributed by atoms with Crippen LogP contribution in [-0.4, -0.2) is 28.1 Å². The molecule has 1 heterocycles. The van der Waals surface area contributed by atoms with Crippen LogP contribution in [0.5, 0.6) is 5.75 Å². The van der Waals surface area contributed by atoms with Gasteiger partial charge in [-0.2, -0.15) is 0 Å². The molecule has 142 valence electrons. The van der Waals surface area contributed by atoms with E-state index in [1.54, 1.807) is 25.3 Å². The number of para-hydroxylation sites is 1. The first-order chi connectivity index (χ1) is 13.5. The number of benzene rings is 2. The number of nitro benzene ring substituents is 1. The Labute approximate surface area is 164 Å². The number of ether oxygens (including phenoxy) is 1. The Morgan fingerprint density at radius 1 is 1.21 bits per heavy atom. The molecule has 0 aliphatic rings. The fraction of sp³-hybridized carbons (Fsp3) is 0.105. The lowest BCUT2D eigenvalue weighted by atomic mass is 10.1. The minimum absolute atomic E-state index is 0.0655. The van der Waals surface area contributed by atoms with Crippen LogP contribution in [0.1, 0.15) is 16.1 Å². The molecule has 0 fully saturated rings. The van der Waals surface area contributed by atoms with Gasteiger partial charge in [0.2, 0.25) is 11.0 Å². The van der Waals surface area contributed by atoms with Crippen LogP contribution in [0, 0.1) is 10.1 Å². The molecular formula is C19H16N4O4S. The number of carbonyl (C=O) groups excluding carboxylic acids is 1. The van der Waals surface area contributed by atoms with Crippen molar-refractivity contribution in [3.8, 4) is 5.75 Å². The molecule has 1 N–H and O–H groups in total. The zero-order valence-electron chi connectivity index (χ0n) is 14.9. The van der Waals surface area contributed by atoms with E-state index in [-0.39, 0.29) is 5.69 Å². The molecule has 0 aliphatic heterocycles. The molecule has 0 spiro atoms. The number of hydrogen-bond donors (Lipinski definition) is 1. The number of nitrogens with one attached hydrogen (secondary N) is 1. The van der Waals surface area contributed by atoms with E-state index in [2.05, 4.69) is 15.5 Å². The molecule has 1 aromatic heterocycles. The zero-order valence-corrected chi connectivity index (χ0v) is 15.7. The van der Waals surface area contributed by atoms with Gasteiger partial charge in [0.05, 0.1) is 17.6 Å². The van der Waals surface area contributed by atoms with Crippen LogP contribution in [0.2, 0.25) is 0 Å². The van der Waals surface area contributed by atoms with Crippen molar-refractivity contribution in [3.63, 3.8) is 0 Å². The average molecular weight is 396 g/mol. The van der Waals surface area contributed by atoms with Gasteiger partial charge >= 0.3 is 0 Å². The number of methoxy groups -OCH3 is 1. The summed E-state index contributed by atoms with van der Waals surface area (Å²) in [6.45, 7) is 0.